The van der Waals surface area contributed by atoms with Gasteiger partial charge in [0.1, 0.15) is 0 Å². The van der Waals surface area contributed by atoms with Crippen molar-refractivity contribution >= 4 is 10.8 Å². The van der Waals surface area contributed by atoms with Crippen LogP contribution in [0.2, 0.25) is 0 Å². The Kier molecular flexibility index (Phi) is 3.05. The van der Waals surface area contributed by atoms with Crippen molar-refractivity contribution in [2.75, 3.05) is 0 Å². The van der Waals surface area contributed by atoms with Crippen molar-refractivity contribution in [3.8, 4) is 0 Å². The normalized spacial score (nSPS) is 10.7. The van der Waals surface area contributed by atoms with Crippen molar-refractivity contribution in [1.82, 2.24) is 4.98 Å². The molecule has 0 aliphatic rings. The molecular weight excluding hydrogens is 218 g/mol. The van der Waals surface area contributed by atoms with Crippen LogP contribution in [0.4, 0.5) is 0 Å². The zero-order valence-corrected chi connectivity index (χ0v) is 10.2. The molecule has 88 valence electrons. The highest BCUT2D eigenvalue weighted by molar-refractivity contribution is 5.84. The number of benzene rings is 2. The van der Waals surface area contributed by atoms with Gasteiger partial charge in [-0.15, -0.1) is 0 Å². The minimum Gasteiger partial charge on any atom is -0.264 e. The third-order valence-corrected chi connectivity index (χ3v) is 3.28. The average molecular weight is 233 g/mol. The first-order valence-electron chi connectivity index (χ1n) is 6.29. The lowest BCUT2D eigenvalue weighted by atomic mass is 10.0. The summed E-state index contributed by atoms with van der Waals surface area (Å²) in [6.07, 6.45) is 6.03. The molecule has 0 aliphatic carbocycles. The van der Waals surface area contributed by atoms with Crippen LogP contribution >= 0.6 is 0 Å². The molecule has 0 N–H and O–H groups in total. The minimum atomic E-state index is 1.04. The van der Waals surface area contributed by atoms with Crippen molar-refractivity contribution in [2.45, 2.75) is 12.8 Å². The van der Waals surface area contributed by atoms with Gasteiger partial charge in [0.05, 0.1) is 0 Å². The molecule has 0 atom stereocenters. The van der Waals surface area contributed by atoms with Crippen LogP contribution in [0.15, 0.2) is 67.0 Å². The van der Waals surface area contributed by atoms with E-state index in [1.165, 1.54) is 21.9 Å². The van der Waals surface area contributed by atoms with E-state index >= 15 is 0 Å². The van der Waals surface area contributed by atoms with Gasteiger partial charge in [-0.05, 0) is 29.4 Å². The van der Waals surface area contributed by atoms with E-state index in [2.05, 4.69) is 59.6 Å². The minimum absolute atomic E-state index is 1.04. The van der Waals surface area contributed by atoms with Crippen LogP contribution in [-0.4, -0.2) is 4.98 Å². The van der Waals surface area contributed by atoms with Gasteiger partial charge in [-0.3, -0.25) is 4.98 Å². The molecule has 2 aromatic carbocycles. The molecule has 0 saturated heterocycles. The summed E-state index contributed by atoms with van der Waals surface area (Å²) in [5.41, 5.74) is 2.71. The Morgan fingerprint density at radius 1 is 0.722 bits per heavy atom. The maximum atomic E-state index is 4.33. The van der Waals surface area contributed by atoms with Crippen LogP contribution in [-0.2, 0) is 12.8 Å². The first-order valence-corrected chi connectivity index (χ1v) is 6.29. The number of nitrogens with zero attached hydrogens (tertiary/aromatic N) is 1. The van der Waals surface area contributed by atoms with Gasteiger partial charge in [0.15, 0.2) is 0 Å². The van der Waals surface area contributed by atoms with Gasteiger partial charge in [-0.2, -0.15) is 0 Å². The number of hydrogen-bond acceptors (Lipinski definition) is 1. The lowest BCUT2D eigenvalue weighted by molar-refractivity contribution is 0.960. The molecule has 0 aliphatic heterocycles. The highest BCUT2D eigenvalue weighted by Gasteiger charge is 2.01. The zero-order chi connectivity index (χ0) is 12.2. The predicted octanol–water partition coefficient (Wildman–Crippen LogP) is 4.02. The topological polar surface area (TPSA) is 12.9 Å². The van der Waals surface area contributed by atoms with Gasteiger partial charge < -0.3 is 0 Å². The Morgan fingerprint density at radius 3 is 2.39 bits per heavy atom. The second-order valence-corrected chi connectivity index (χ2v) is 4.51. The molecule has 1 aromatic heterocycles. The predicted molar refractivity (Wildman–Crippen MR) is 75.6 cm³/mol. The van der Waals surface area contributed by atoms with Crippen LogP contribution in [0.3, 0.4) is 0 Å². The van der Waals surface area contributed by atoms with Gasteiger partial charge in [0, 0.05) is 17.8 Å². The molecule has 1 nitrogen and oxygen atoms in total. The molecule has 0 amide bonds. The lowest BCUT2D eigenvalue weighted by Crippen LogP contribution is -1.93. The van der Waals surface area contributed by atoms with E-state index in [4.69, 9.17) is 0 Å². The van der Waals surface area contributed by atoms with E-state index in [0.29, 0.717) is 0 Å². The molecule has 1 heteroatoms. The number of rotatable bonds is 3. The van der Waals surface area contributed by atoms with Crippen LogP contribution in [0, 0.1) is 0 Å². The Bertz CT molecular complexity index is 639. The SMILES string of the molecule is c1ccc(CCc2cncc3ccccc23)cc1. The van der Waals surface area contributed by atoms with Crippen molar-refractivity contribution < 1.29 is 0 Å². The number of aryl methyl sites for hydroxylation is 2. The number of hydrogen-bond donors (Lipinski definition) is 0. The quantitative estimate of drug-likeness (QED) is 0.665. The molecule has 0 fully saturated rings. The molecule has 0 radical (unpaired) electrons. The van der Waals surface area contributed by atoms with E-state index in [1.807, 2.05) is 12.4 Å². The fraction of sp³-hybridized carbons (Fsp3) is 0.118. The van der Waals surface area contributed by atoms with Crippen LogP contribution in [0.25, 0.3) is 10.8 Å². The largest absolute Gasteiger partial charge is 0.264 e. The zero-order valence-electron chi connectivity index (χ0n) is 10.2. The maximum absolute atomic E-state index is 4.33. The first-order chi connectivity index (χ1) is 8.93. The van der Waals surface area contributed by atoms with E-state index < -0.39 is 0 Å². The first kappa shape index (κ1) is 11.0. The summed E-state index contributed by atoms with van der Waals surface area (Å²) in [5, 5.41) is 2.55. The average Bonchev–Trinajstić information content (AvgIpc) is 2.46. The molecule has 0 spiro atoms. The second-order valence-electron chi connectivity index (χ2n) is 4.51. The molecular formula is C17H15N. The van der Waals surface area contributed by atoms with Crippen LogP contribution in [0.1, 0.15) is 11.1 Å². The van der Waals surface area contributed by atoms with Crippen LogP contribution in [0.5, 0.6) is 0 Å². The Hall–Kier alpha value is -2.15. The van der Waals surface area contributed by atoms with E-state index in [9.17, 15) is 0 Å². The van der Waals surface area contributed by atoms with Crippen molar-refractivity contribution in [2.24, 2.45) is 0 Å². The Morgan fingerprint density at radius 2 is 1.50 bits per heavy atom. The summed E-state index contributed by atoms with van der Waals surface area (Å²) in [6.45, 7) is 0. The summed E-state index contributed by atoms with van der Waals surface area (Å²) in [4.78, 5) is 4.33. The lowest BCUT2D eigenvalue weighted by Gasteiger charge is -2.05. The van der Waals surface area contributed by atoms with Gasteiger partial charge >= 0.3 is 0 Å². The summed E-state index contributed by atoms with van der Waals surface area (Å²) in [6, 6.07) is 19.1. The van der Waals surface area contributed by atoms with Crippen molar-refractivity contribution in [1.29, 1.82) is 0 Å². The van der Waals surface area contributed by atoms with Gasteiger partial charge in [0.2, 0.25) is 0 Å². The maximum Gasteiger partial charge on any atom is 0.0346 e. The molecule has 0 unspecified atom stereocenters. The second kappa shape index (κ2) is 5.01. The van der Waals surface area contributed by atoms with Crippen LogP contribution < -0.4 is 0 Å². The highest BCUT2D eigenvalue weighted by Crippen LogP contribution is 2.18. The Balaban J connectivity index is 1.87. The standard InChI is InChI=1S/C17H15N/c1-2-6-14(7-3-1)10-11-16-13-18-12-15-8-4-5-9-17(15)16/h1-9,12-13H,10-11H2. The molecule has 0 saturated carbocycles. The molecule has 18 heavy (non-hydrogen) atoms. The summed E-state index contributed by atoms with van der Waals surface area (Å²) >= 11 is 0. The number of fused-ring (bicyclic) bond motifs is 1. The summed E-state index contributed by atoms with van der Waals surface area (Å²) < 4.78 is 0. The summed E-state index contributed by atoms with van der Waals surface area (Å²) in [7, 11) is 0. The van der Waals surface area contributed by atoms with Gasteiger partial charge in [-0.25, -0.2) is 0 Å². The fourth-order valence-corrected chi connectivity index (χ4v) is 2.30. The van der Waals surface area contributed by atoms with Crippen molar-refractivity contribution in [3.63, 3.8) is 0 Å². The van der Waals surface area contributed by atoms with E-state index in [0.717, 1.165) is 12.8 Å². The molecule has 1 heterocycles. The number of aromatic nitrogens is 1. The van der Waals surface area contributed by atoms with Gasteiger partial charge in [0.25, 0.3) is 0 Å². The van der Waals surface area contributed by atoms with E-state index in [-0.39, 0.29) is 0 Å². The smallest absolute Gasteiger partial charge is 0.0346 e. The monoisotopic (exact) mass is 233 g/mol. The molecule has 3 aromatic rings. The third kappa shape index (κ3) is 2.25. The Labute approximate surface area is 107 Å². The molecule has 0 bridgehead atoms. The third-order valence-electron chi connectivity index (χ3n) is 3.28. The van der Waals surface area contributed by atoms with E-state index in [1.54, 1.807) is 0 Å². The van der Waals surface area contributed by atoms with Gasteiger partial charge in [-0.1, -0.05) is 54.6 Å². The van der Waals surface area contributed by atoms with Crippen molar-refractivity contribution in [3.05, 3.63) is 78.1 Å². The number of pyridine rings is 1. The summed E-state index contributed by atoms with van der Waals surface area (Å²) in [5.74, 6) is 0. The fourth-order valence-electron chi connectivity index (χ4n) is 2.30. The molecule has 3 rings (SSSR count). The highest BCUT2D eigenvalue weighted by atomic mass is 14.6.